The fourth-order valence-electron chi connectivity index (χ4n) is 4.33. The van der Waals surface area contributed by atoms with Crippen molar-refractivity contribution in [2.75, 3.05) is 14.2 Å². The molecule has 10 heteroatoms. The third-order valence-electron chi connectivity index (χ3n) is 6.09. The Balaban J connectivity index is 1.66. The van der Waals surface area contributed by atoms with Gasteiger partial charge in [0.25, 0.3) is 0 Å². The number of amidine groups is 1. The highest BCUT2D eigenvalue weighted by atomic mass is 32.2. The van der Waals surface area contributed by atoms with Crippen molar-refractivity contribution in [3.05, 3.63) is 81.8 Å². The summed E-state index contributed by atoms with van der Waals surface area (Å²) < 4.78 is 30.0. The Morgan fingerprint density at radius 2 is 1.77 bits per heavy atom. The van der Waals surface area contributed by atoms with Crippen LogP contribution in [0.1, 0.15) is 51.3 Å². The zero-order valence-electron chi connectivity index (χ0n) is 22.8. The lowest BCUT2D eigenvalue weighted by atomic mass is 9.93. The van der Waals surface area contributed by atoms with Crippen LogP contribution in [-0.2, 0) is 20.9 Å². The highest BCUT2D eigenvalue weighted by Gasteiger charge is 2.42. The van der Waals surface area contributed by atoms with Crippen LogP contribution in [0.15, 0.2) is 69.8 Å². The van der Waals surface area contributed by atoms with E-state index in [1.807, 2.05) is 43.2 Å². The van der Waals surface area contributed by atoms with Crippen LogP contribution in [0.3, 0.4) is 0 Å². The lowest BCUT2D eigenvalue weighted by Gasteiger charge is -2.37. The van der Waals surface area contributed by atoms with E-state index < -0.39 is 17.6 Å². The molecule has 0 saturated heterocycles. The van der Waals surface area contributed by atoms with Crippen LogP contribution in [0.25, 0.3) is 0 Å². The minimum absolute atomic E-state index is 0.0532. The molecule has 8 nitrogen and oxygen atoms in total. The highest BCUT2D eigenvalue weighted by Crippen LogP contribution is 2.46. The summed E-state index contributed by atoms with van der Waals surface area (Å²) in [6, 6.07) is 10.8. The van der Waals surface area contributed by atoms with Gasteiger partial charge in [-0.15, -0.1) is 0 Å². The number of nitrogens with one attached hydrogen (secondary N) is 1. The molecule has 1 atom stereocenters. The highest BCUT2D eigenvalue weighted by molar-refractivity contribution is 8.16. The predicted molar refractivity (Wildman–Crippen MR) is 149 cm³/mol. The molecule has 2 heterocycles. The number of carbonyl (C=O) groups is 2. The van der Waals surface area contributed by atoms with Gasteiger partial charge in [0, 0.05) is 12.2 Å². The summed E-state index contributed by atoms with van der Waals surface area (Å²) in [5, 5.41) is 5.41. The van der Waals surface area contributed by atoms with Crippen molar-refractivity contribution in [1.29, 1.82) is 0 Å². The lowest BCUT2D eigenvalue weighted by Crippen LogP contribution is -2.39. The number of fused-ring (bicyclic) bond motifs is 1. The first-order valence-corrected chi connectivity index (χ1v) is 13.3. The third kappa shape index (κ3) is 6.44. The van der Waals surface area contributed by atoms with Gasteiger partial charge in [0.2, 0.25) is 5.91 Å². The molecule has 1 amide bonds. The molecule has 0 aromatic heterocycles. The molecule has 2 aromatic carbocycles. The number of amides is 1. The normalized spacial score (nSPS) is 16.8. The van der Waals surface area contributed by atoms with Crippen molar-refractivity contribution in [2.45, 2.75) is 52.3 Å². The molecule has 2 aliphatic heterocycles. The number of hydrogen-bond acceptors (Lipinski definition) is 8. The van der Waals surface area contributed by atoms with E-state index in [-0.39, 0.29) is 24.7 Å². The van der Waals surface area contributed by atoms with Gasteiger partial charge >= 0.3 is 5.97 Å². The Morgan fingerprint density at radius 1 is 1.08 bits per heavy atom. The maximum atomic E-state index is 13.5. The zero-order valence-corrected chi connectivity index (χ0v) is 23.6. The number of hydrogen-bond donors (Lipinski definition) is 1. The number of nitrogens with zero attached hydrogens (tertiary/aromatic N) is 2. The molecule has 0 unspecified atom stereocenters. The van der Waals surface area contributed by atoms with Crippen LogP contribution in [0.2, 0.25) is 0 Å². The standard InChI is InChI=1S/C29H32FN3O5S/c1-17-25(27(35)38-29(2,3)4)26(19-9-12-22(36-5)23(13-19)37-6)33-21(16-39-28(33)32-17)14-24(34)31-15-18-7-10-20(30)11-8-18/h7-13,16,26H,14-15H2,1-6H3,(H,31,34)/t26-/m0/s1. The van der Waals surface area contributed by atoms with Crippen LogP contribution < -0.4 is 14.8 Å². The van der Waals surface area contributed by atoms with E-state index in [4.69, 9.17) is 19.2 Å². The van der Waals surface area contributed by atoms with Crippen LogP contribution >= 0.6 is 11.8 Å². The molecule has 206 valence electrons. The van der Waals surface area contributed by atoms with E-state index in [0.717, 1.165) is 11.1 Å². The smallest absolute Gasteiger partial charge is 0.338 e. The number of rotatable bonds is 8. The van der Waals surface area contributed by atoms with E-state index in [1.165, 1.54) is 23.9 Å². The first-order chi connectivity index (χ1) is 18.5. The molecule has 0 spiro atoms. The average molecular weight is 554 g/mol. The summed E-state index contributed by atoms with van der Waals surface area (Å²) in [6.45, 7) is 7.48. The molecule has 0 aliphatic carbocycles. The second-order valence-electron chi connectivity index (χ2n) is 10.1. The second kappa shape index (κ2) is 11.5. The summed E-state index contributed by atoms with van der Waals surface area (Å²) in [5.41, 5.74) is 2.42. The first-order valence-electron chi connectivity index (χ1n) is 12.4. The summed E-state index contributed by atoms with van der Waals surface area (Å²) in [4.78, 5) is 33.1. The molecule has 0 saturated carbocycles. The van der Waals surface area contributed by atoms with Crippen molar-refractivity contribution >= 4 is 28.8 Å². The summed E-state index contributed by atoms with van der Waals surface area (Å²) in [7, 11) is 3.11. The minimum atomic E-state index is -0.713. The third-order valence-corrected chi connectivity index (χ3v) is 6.98. The molecular weight excluding hydrogens is 521 g/mol. The van der Waals surface area contributed by atoms with Crippen molar-refractivity contribution < 1.29 is 28.2 Å². The van der Waals surface area contributed by atoms with Gasteiger partial charge < -0.3 is 24.4 Å². The maximum Gasteiger partial charge on any atom is 0.338 e. The number of thioether (sulfide) groups is 1. The molecular formula is C29H32FN3O5S. The van der Waals surface area contributed by atoms with Gasteiger partial charge in [-0.05, 0) is 68.5 Å². The number of allylic oxidation sites excluding steroid dienone is 1. The van der Waals surface area contributed by atoms with Gasteiger partial charge in [-0.3, -0.25) is 4.79 Å². The minimum Gasteiger partial charge on any atom is -0.493 e. The Hall–Kier alpha value is -3.79. The molecule has 2 aliphatic rings. The fraction of sp³-hybridized carbons (Fsp3) is 0.345. The van der Waals surface area contributed by atoms with Crippen molar-refractivity contribution in [3.63, 3.8) is 0 Å². The monoisotopic (exact) mass is 553 g/mol. The van der Waals surface area contributed by atoms with E-state index in [1.54, 1.807) is 39.3 Å². The van der Waals surface area contributed by atoms with Gasteiger partial charge in [-0.25, -0.2) is 14.2 Å². The van der Waals surface area contributed by atoms with Gasteiger partial charge in [-0.1, -0.05) is 30.0 Å². The number of esters is 1. The predicted octanol–water partition coefficient (Wildman–Crippen LogP) is 5.47. The Labute approximate surface area is 231 Å². The van der Waals surface area contributed by atoms with Gasteiger partial charge in [0.05, 0.1) is 38.0 Å². The van der Waals surface area contributed by atoms with Crippen molar-refractivity contribution in [3.8, 4) is 11.5 Å². The number of benzene rings is 2. The Morgan fingerprint density at radius 3 is 2.41 bits per heavy atom. The number of carbonyl (C=O) groups excluding carboxylic acids is 2. The van der Waals surface area contributed by atoms with Gasteiger partial charge in [0.15, 0.2) is 16.7 Å². The molecule has 4 rings (SSSR count). The van der Waals surface area contributed by atoms with E-state index >= 15 is 0 Å². The van der Waals surface area contributed by atoms with Crippen molar-refractivity contribution in [1.82, 2.24) is 10.2 Å². The topological polar surface area (TPSA) is 89.5 Å². The molecule has 0 bridgehead atoms. The molecule has 2 aromatic rings. The van der Waals surface area contributed by atoms with Gasteiger partial charge in [-0.2, -0.15) is 0 Å². The summed E-state index contributed by atoms with van der Waals surface area (Å²) in [6.07, 6.45) is 0.0532. The summed E-state index contributed by atoms with van der Waals surface area (Å²) >= 11 is 1.39. The maximum absolute atomic E-state index is 13.5. The van der Waals surface area contributed by atoms with Crippen LogP contribution in [-0.4, -0.2) is 41.8 Å². The largest absolute Gasteiger partial charge is 0.493 e. The molecule has 1 N–H and O–H groups in total. The number of methoxy groups -OCH3 is 2. The van der Waals surface area contributed by atoms with E-state index in [0.29, 0.717) is 33.6 Å². The van der Waals surface area contributed by atoms with Crippen LogP contribution in [0.4, 0.5) is 4.39 Å². The van der Waals surface area contributed by atoms with E-state index in [9.17, 15) is 14.0 Å². The Bertz CT molecular complexity index is 1360. The molecule has 39 heavy (non-hydrogen) atoms. The quantitative estimate of drug-likeness (QED) is 0.434. The van der Waals surface area contributed by atoms with Crippen molar-refractivity contribution in [2.24, 2.45) is 4.99 Å². The Kier molecular flexibility index (Phi) is 8.34. The van der Waals surface area contributed by atoms with Crippen LogP contribution in [0, 0.1) is 5.82 Å². The SMILES string of the molecule is COc1ccc([C@H]2C(C(=O)OC(C)(C)C)=C(C)N=C3SC=C(CC(=O)NCc4ccc(F)cc4)N32)cc1OC. The van der Waals surface area contributed by atoms with Gasteiger partial charge in [0.1, 0.15) is 11.4 Å². The molecule has 0 radical (unpaired) electrons. The second-order valence-corrected chi connectivity index (χ2v) is 10.9. The number of halogens is 1. The number of ether oxygens (including phenoxy) is 3. The van der Waals surface area contributed by atoms with E-state index in [2.05, 4.69) is 5.32 Å². The average Bonchev–Trinajstić information content (AvgIpc) is 3.27. The van der Waals surface area contributed by atoms with Crippen LogP contribution in [0.5, 0.6) is 11.5 Å². The molecule has 0 fully saturated rings. The lowest BCUT2D eigenvalue weighted by molar-refractivity contribution is -0.150. The fourth-order valence-corrected chi connectivity index (χ4v) is 5.30. The summed E-state index contributed by atoms with van der Waals surface area (Å²) in [5.74, 6) is 0.0236. The first kappa shape index (κ1) is 28.2. The number of aliphatic imine (C=N–C) groups is 1. The zero-order chi connectivity index (χ0) is 28.3.